The van der Waals surface area contributed by atoms with Crippen molar-refractivity contribution < 1.29 is 45.1 Å². The fourth-order valence-electron chi connectivity index (χ4n) is 4.51. The normalized spacial score (nSPS) is 13.4. The summed E-state index contributed by atoms with van der Waals surface area (Å²) in [5.41, 5.74) is 1.73. The third-order valence-electron chi connectivity index (χ3n) is 6.30. The number of hydrogen-bond acceptors (Lipinski definition) is 9. The average molecular weight is 582 g/mol. The van der Waals surface area contributed by atoms with Gasteiger partial charge in [-0.3, -0.25) is 14.2 Å². The summed E-state index contributed by atoms with van der Waals surface area (Å²) in [6.45, 7) is -0.331. The number of aromatic nitrogens is 3. The van der Waals surface area contributed by atoms with E-state index >= 15 is 0 Å². The molecule has 1 aliphatic rings. The van der Waals surface area contributed by atoms with Crippen LogP contribution in [0.5, 0.6) is 17.2 Å². The summed E-state index contributed by atoms with van der Waals surface area (Å²) in [6, 6.07) is 7.69. The van der Waals surface area contributed by atoms with Crippen LogP contribution in [0.2, 0.25) is 0 Å². The molecule has 12 nitrogen and oxygen atoms in total. The molecule has 3 heterocycles. The molecule has 0 saturated heterocycles. The number of fused-ring (bicyclic) bond motifs is 2. The number of halogens is 3. The Hall–Kier alpha value is -4.47. The largest absolute Gasteiger partial charge is 0.496 e. The molecule has 0 aliphatic carbocycles. The SMILES string of the molecule is COc1cccc(OC)c1S(=O)(=O)Nc1noc2cc(Cn3ncc4c3CN(C(=O)C(F)(F)F)C4)cc(OC)c12. The Labute approximate surface area is 225 Å². The van der Waals surface area contributed by atoms with Gasteiger partial charge in [-0.15, -0.1) is 0 Å². The molecule has 0 spiro atoms. The predicted octanol–water partition coefficient (Wildman–Crippen LogP) is 3.30. The van der Waals surface area contributed by atoms with E-state index < -0.39 is 22.1 Å². The summed E-state index contributed by atoms with van der Waals surface area (Å²) in [4.78, 5) is 12.1. The van der Waals surface area contributed by atoms with Crippen molar-refractivity contribution in [1.29, 1.82) is 0 Å². The molecule has 212 valence electrons. The maximum absolute atomic E-state index is 13.3. The topological polar surface area (TPSA) is 138 Å². The molecular formula is C24H22F3N5O7S. The highest BCUT2D eigenvalue weighted by molar-refractivity contribution is 7.93. The summed E-state index contributed by atoms with van der Waals surface area (Å²) in [5, 5.41) is 8.35. The van der Waals surface area contributed by atoms with Gasteiger partial charge in [-0.1, -0.05) is 11.2 Å². The van der Waals surface area contributed by atoms with E-state index in [2.05, 4.69) is 15.0 Å². The summed E-state index contributed by atoms with van der Waals surface area (Å²) in [6.07, 6.45) is -3.55. The molecule has 0 radical (unpaired) electrons. The first-order valence-electron chi connectivity index (χ1n) is 11.6. The fraction of sp³-hybridized carbons (Fsp3) is 0.292. The Kier molecular flexibility index (Phi) is 6.73. The van der Waals surface area contributed by atoms with Crippen LogP contribution in [0.1, 0.15) is 16.8 Å². The number of carbonyl (C=O) groups excluding carboxylic acids is 1. The molecule has 0 bridgehead atoms. The molecule has 4 aromatic rings. The number of methoxy groups -OCH3 is 3. The van der Waals surface area contributed by atoms with E-state index in [1.54, 1.807) is 18.2 Å². The highest BCUT2D eigenvalue weighted by atomic mass is 32.2. The molecule has 0 atom stereocenters. The number of rotatable bonds is 8. The minimum Gasteiger partial charge on any atom is -0.496 e. The highest BCUT2D eigenvalue weighted by Gasteiger charge is 2.44. The van der Waals surface area contributed by atoms with Crippen LogP contribution in [0.25, 0.3) is 11.0 Å². The van der Waals surface area contributed by atoms with Crippen molar-refractivity contribution in [2.45, 2.75) is 30.7 Å². The van der Waals surface area contributed by atoms with E-state index in [0.717, 1.165) is 0 Å². The molecule has 5 rings (SSSR count). The lowest BCUT2D eigenvalue weighted by molar-refractivity contribution is -0.186. The number of nitrogens with one attached hydrogen (secondary N) is 1. The van der Waals surface area contributed by atoms with Crippen molar-refractivity contribution in [2.75, 3.05) is 26.1 Å². The number of sulfonamides is 1. The van der Waals surface area contributed by atoms with Crippen LogP contribution in [0.4, 0.5) is 19.0 Å². The number of nitrogens with zero attached hydrogens (tertiary/aromatic N) is 4. The van der Waals surface area contributed by atoms with Crippen LogP contribution in [-0.2, 0) is 34.5 Å². The van der Waals surface area contributed by atoms with Crippen molar-refractivity contribution in [3.63, 3.8) is 0 Å². The lowest BCUT2D eigenvalue weighted by Crippen LogP contribution is -2.37. The van der Waals surface area contributed by atoms with E-state index in [9.17, 15) is 26.4 Å². The van der Waals surface area contributed by atoms with Gasteiger partial charge in [-0.25, -0.2) is 8.42 Å². The Morgan fingerprint density at radius 3 is 2.38 bits per heavy atom. The minimum atomic E-state index is -4.97. The van der Waals surface area contributed by atoms with Gasteiger partial charge in [-0.05, 0) is 29.8 Å². The molecule has 2 aromatic carbocycles. The number of alkyl halides is 3. The van der Waals surface area contributed by atoms with Gasteiger partial charge in [-0.2, -0.15) is 18.3 Å². The zero-order chi connectivity index (χ0) is 28.8. The van der Waals surface area contributed by atoms with Gasteiger partial charge in [0, 0.05) is 12.1 Å². The molecule has 0 fully saturated rings. The molecule has 0 saturated carbocycles. The maximum Gasteiger partial charge on any atom is 0.471 e. The number of amides is 1. The van der Waals surface area contributed by atoms with Crippen molar-refractivity contribution in [3.8, 4) is 17.2 Å². The van der Waals surface area contributed by atoms with E-state index in [1.807, 2.05) is 0 Å². The molecule has 0 unspecified atom stereocenters. The fourth-order valence-corrected chi connectivity index (χ4v) is 5.84. The van der Waals surface area contributed by atoms with Crippen LogP contribution < -0.4 is 18.9 Å². The number of anilines is 1. The van der Waals surface area contributed by atoms with E-state index in [1.165, 1.54) is 44.3 Å². The van der Waals surface area contributed by atoms with E-state index in [0.29, 0.717) is 21.7 Å². The van der Waals surface area contributed by atoms with Crippen LogP contribution in [0, 0.1) is 0 Å². The quantitative estimate of drug-likeness (QED) is 0.332. The summed E-state index contributed by atoms with van der Waals surface area (Å²) >= 11 is 0. The maximum atomic E-state index is 13.3. The van der Waals surface area contributed by atoms with Gasteiger partial charge in [0.1, 0.15) is 22.6 Å². The van der Waals surface area contributed by atoms with Crippen molar-refractivity contribution in [2.24, 2.45) is 0 Å². The average Bonchev–Trinajstić information content (AvgIpc) is 3.62. The van der Waals surface area contributed by atoms with Crippen molar-refractivity contribution >= 4 is 32.7 Å². The summed E-state index contributed by atoms with van der Waals surface area (Å²) in [7, 11) is -0.248. The second-order valence-electron chi connectivity index (χ2n) is 8.73. The number of hydrogen-bond donors (Lipinski definition) is 1. The number of benzene rings is 2. The molecule has 1 aliphatic heterocycles. The van der Waals surface area contributed by atoms with Crippen LogP contribution in [0.15, 0.2) is 45.9 Å². The van der Waals surface area contributed by atoms with Gasteiger partial charge in [0.2, 0.25) is 0 Å². The molecule has 2 aromatic heterocycles. The molecule has 16 heteroatoms. The lowest BCUT2D eigenvalue weighted by atomic mass is 10.1. The summed E-state index contributed by atoms with van der Waals surface area (Å²) in [5.74, 6) is -1.74. The first kappa shape index (κ1) is 27.1. The van der Waals surface area contributed by atoms with Crippen LogP contribution in [0.3, 0.4) is 0 Å². The lowest BCUT2D eigenvalue weighted by Gasteiger charge is -2.17. The van der Waals surface area contributed by atoms with Crippen LogP contribution in [-0.4, -0.2) is 61.7 Å². The molecule has 1 amide bonds. The first-order valence-corrected chi connectivity index (χ1v) is 13.0. The Morgan fingerprint density at radius 2 is 1.75 bits per heavy atom. The van der Waals surface area contributed by atoms with E-state index in [4.69, 9.17) is 18.7 Å². The van der Waals surface area contributed by atoms with Gasteiger partial charge in [0.25, 0.3) is 10.0 Å². The van der Waals surface area contributed by atoms with Crippen LogP contribution >= 0.6 is 0 Å². The van der Waals surface area contributed by atoms with Gasteiger partial charge >= 0.3 is 12.1 Å². The first-order chi connectivity index (χ1) is 19.0. The number of ether oxygens (including phenoxy) is 3. The van der Waals surface area contributed by atoms with Crippen molar-refractivity contribution in [3.05, 3.63) is 53.3 Å². The zero-order valence-electron chi connectivity index (χ0n) is 21.3. The number of carbonyl (C=O) groups is 1. The molecule has 40 heavy (non-hydrogen) atoms. The Bertz CT molecular complexity index is 1690. The molecule has 1 N–H and O–H groups in total. The monoisotopic (exact) mass is 581 g/mol. The zero-order valence-corrected chi connectivity index (χ0v) is 22.1. The Balaban J connectivity index is 1.44. The predicted molar refractivity (Wildman–Crippen MR) is 133 cm³/mol. The standard InChI is InChI=1S/C24H22F3N5O7S/c1-36-16-5-4-6-17(37-2)21(16)40(34,35)30-22-20-18(38-3)7-13(8-19(20)39-29-22)10-32-15-12-31(11-14(15)9-28-32)23(33)24(25,26)27/h4-9H,10-12H2,1-3H3,(H,29,30). The third kappa shape index (κ3) is 4.74. The van der Waals surface area contributed by atoms with Crippen molar-refractivity contribution in [1.82, 2.24) is 19.8 Å². The van der Waals surface area contributed by atoms with Gasteiger partial charge in [0.15, 0.2) is 16.3 Å². The smallest absolute Gasteiger partial charge is 0.471 e. The van der Waals surface area contributed by atoms with E-state index in [-0.39, 0.29) is 58.6 Å². The third-order valence-corrected chi connectivity index (χ3v) is 7.70. The van der Waals surface area contributed by atoms with Gasteiger partial charge in [0.05, 0.1) is 46.3 Å². The summed E-state index contributed by atoms with van der Waals surface area (Å²) < 4.78 is 90.5. The Morgan fingerprint density at radius 1 is 1.07 bits per heavy atom. The second kappa shape index (κ2) is 9.93. The molecular weight excluding hydrogens is 559 g/mol. The second-order valence-corrected chi connectivity index (χ2v) is 10.4. The highest BCUT2D eigenvalue weighted by Crippen LogP contribution is 2.38. The van der Waals surface area contributed by atoms with Gasteiger partial charge < -0.3 is 23.6 Å². The minimum absolute atomic E-state index is 0.0520.